The summed E-state index contributed by atoms with van der Waals surface area (Å²) in [6, 6.07) is 0.403. The van der Waals surface area contributed by atoms with Crippen molar-refractivity contribution < 1.29 is 0 Å². The molecule has 3 N–H and O–H groups in total. The molecular formula is C9H20N2. The minimum absolute atomic E-state index is 0.403. The molecule has 1 rings (SSSR count). The lowest BCUT2D eigenvalue weighted by Crippen LogP contribution is -2.33. The minimum atomic E-state index is 0.403. The van der Waals surface area contributed by atoms with E-state index in [0.717, 1.165) is 24.9 Å². The van der Waals surface area contributed by atoms with Gasteiger partial charge in [0.25, 0.3) is 0 Å². The van der Waals surface area contributed by atoms with Crippen molar-refractivity contribution in [3.05, 3.63) is 0 Å². The lowest BCUT2D eigenvalue weighted by atomic mass is 9.85. The third-order valence-electron chi connectivity index (χ3n) is 2.96. The number of hydrogen-bond donors (Lipinski definition) is 2. The average Bonchev–Trinajstić information content (AvgIpc) is 2.40. The molecule has 0 aromatic heterocycles. The Bertz CT molecular complexity index is 110. The van der Waals surface area contributed by atoms with Gasteiger partial charge in [-0.15, -0.1) is 0 Å². The summed E-state index contributed by atoms with van der Waals surface area (Å²) in [5.74, 6) is 1.56. The fourth-order valence-corrected chi connectivity index (χ4v) is 2.13. The van der Waals surface area contributed by atoms with Crippen LogP contribution in [0.4, 0.5) is 0 Å². The molecule has 2 unspecified atom stereocenters. The Kier molecular flexibility index (Phi) is 3.34. The van der Waals surface area contributed by atoms with Crippen LogP contribution in [0.1, 0.15) is 26.7 Å². The highest BCUT2D eigenvalue weighted by molar-refractivity contribution is 4.87. The van der Waals surface area contributed by atoms with Crippen molar-refractivity contribution in [1.82, 2.24) is 5.32 Å². The van der Waals surface area contributed by atoms with Crippen LogP contribution in [0.5, 0.6) is 0 Å². The Morgan fingerprint density at radius 1 is 1.36 bits per heavy atom. The third-order valence-corrected chi connectivity index (χ3v) is 2.96. The summed E-state index contributed by atoms with van der Waals surface area (Å²) in [7, 11) is 0. The third kappa shape index (κ3) is 1.94. The molecule has 0 spiro atoms. The molecule has 0 aromatic rings. The molecule has 0 aliphatic carbocycles. The van der Waals surface area contributed by atoms with Gasteiger partial charge < -0.3 is 11.1 Å². The fraction of sp³-hybridized carbons (Fsp3) is 1.00. The summed E-state index contributed by atoms with van der Waals surface area (Å²) < 4.78 is 0. The molecule has 66 valence electrons. The molecule has 1 heterocycles. The number of nitrogens with two attached hydrogens (primary N) is 1. The van der Waals surface area contributed by atoms with Gasteiger partial charge in [-0.05, 0) is 18.4 Å². The summed E-state index contributed by atoms with van der Waals surface area (Å²) in [6.45, 7) is 6.67. The first-order valence-electron chi connectivity index (χ1n) is 4.75. The lowest BCUT2D eigenvalue weighted by molar-refractivity contribution is 0.311. The van der Waals surface area contributed by atoms with Crippen LogP contribution < -0.4 is 11.1 Å². The molecule has 2 nitrogen and oxygen atoms in total. The van der Waals surface area contributed by atoms with Crippen molar-refractivity contribution in [3.63, 3.8) is 0 Å². The van der Waals surface area contributed by atoms with Crippen LogP contribution in [0.3, 0.4) is 0 Å². The van der Waals surface area contributed by atoms with E-state index in [1.165, 1.54) is 12.8 Å². The van der Waals surface area contributed by atoms with Gasteiger partial charge in [0.2, 0.25) is 0 Å². The second-order valence-electron chi connectivity index (χ2n) is 3.56. The van der Waals surface area contributed by atoms with Gasteiger partial charge in [-0.1, -0.05) is 26.7 Å². The second kappa shape index (κ2) is 4.07. The highest BCUT2D eigenvalue weighted by atomic mass is 15.0. The first-order chi connectivity index (χ1) is 5.29. The van der Waals surface area contributed by atoms with Crippen LogP contribution in [0.15, 0.2) is 0 Å². The largest absolute Gasteiger partial charge is 0.326 e. The molecule has 0 aromatic carbocycles. The van der Waals surface area contributed by atoms with Crippen LogP contribution in [0.2, 0.25) is 0 Å². The maximum atomic E-state index is 5.97. The fourth-order valence-electron chi connectivity index (χ4n) is 2.13. The van der Waals surface area contributed by atoms with E-state index in [9.17, 15) is 0 Å². The van der Waals surface area contributed by atoms with Gasteiger partial charge in [0.05, 0.1) is 0 Å². The zero-order chi connectivity index (χ0) is 8.27. The molecule has 0 amide bonds. The number of nitrogens with one attached hydrogen (secondary N) is 1. The van der Waals surface area contributed by atoms with Gasteiger partial charge >= 0.3 is 0 Å². The van der Waals surface area contributed by atoms with Gasteiger partial charge in [0.15, 0.2) is 0 Å². The summed E-state index contributed by atoms with van der Waals surface area (Å²) in [5, 5.41) is 3.35. The van der Waals surface area contributed by atoms with Crippen LogP contribution in [-0.4, -0.2) is 19.1 Å². The summed E-state index contributed by atoms with van der Waals surface area (Å²) >= 11 is 0. The monoisotopic (exact) mass is 156 g/mol. The highest BCUT2D eigenvalue weighted by Gasteiger charge is 2.28. The van der Waals surface area contributed by atoms with Gasteiger partial charge in [0, 0.05) is 12.6 Å². The Labute approximate surface area is 69.5 Å². The van der Waals surface area contributed by atoms with Crippen molar-refractivity contribution in [2.24, 2.45) is 17.6 Å². The Morgan fingerprint density at radius 3 is 2.36 bits per heavy atom. The predicted octanol–water partition coefficient (Wildman–Crippen LogP) is 0.969. The van der Waals surface area contributed by atoms with Gasteiger partial charge in [-0.25, -0.2) is 0 Å². The first kappa shape index (κ1) is 9.01. The van der Waals surface area contributed by atoms with Crippen LogP contribution >= 0.6 is 0 Å². The van der Waals surface area contributed by atoms with Crippen molar-refractivity contribution >= 4 is 0 Å². The molecule has 0 saturated carbocycles. The second-order valence-corrected chi connectivity index (χ2v) is 3.56. The normalized spacial score (nSPS) is 31.6. The van der Waals surface area contributed by atoms with E-state index in [4.69, 9.17) is 5.73 Å². The minimum Gasteiger partial charge on any atom is -0.326 e. The van der Waals surface area contributed by atoms with E-state index in [1.54, 1.807) is 0 Å². The molecule has 0 radical (unpaired) electrons. The molecular weight excluding hydrogens is 136 g/mol. The SMILES string of the molecule is CCC(CC)C1CNCC1N. The zero-order valence-corrected chi connectivity index (χ0v) is 7.64. The van der Waals surface area contributed by atoms with E-state index < -0.39 is 0 Å². The molecule has 1 aliphatic heterocycles. The van der Waals surface area contributed by atoms with E-state index in [-0.39, 0.29) is 0 Å². The number of hydrogen-bond acceptors (Lipinski definition) is 2. The van der Waals surface area contributed by atoms with Crippen LogP contribution in [0, 0.1) is 11.8 Å². The van der Waals surface area contributed by atoms with E-state index >= 15 is 0 Å². The van der Waals surface area contributed by atoms with Crippen molar-refractivity contribution in [2.75, 3.05) is 13.1 Å². The highest BCUT2D eigenvalue weighted by Crippen LogP contribution is 2.23. The quantitative estimate of drug-likeness (QED) is 0.639. The van der Waals surface area contributed by atoms with E-state index in [1.807, 2.05) is 0 Å². The molecule has 1 aliphatic rings. The average molecular weight is 156 g/mol. The standard InChI is InChI=1S/C9H20N2/c1-3-7(4-2)8-5-11-6-9(8)10/h7-9,11H,3-6,10H2,1-2H3. The Morgan fingerprint density at radius 2 is 2.00 bits per heavy atom. The van der Waals surface area contributed by atoms with Gasteiger partial charge in [-0.2, -0.15) is 0 Å². The predicted molar refractivity (Wildman–Crippen MR) is 48.4 cm³/mol. The van der Waals surface area contributed by atoms with Gasteiger partial charge in [-0.3, -0.25) is 0 Å². The van der Waals surface area contributed by atoms with Crippen molar-refractivity contribution in [1.29, 1.82) is 0 Å². The Hall–Kier alpha value is -0.0800. The van der Waals surface area contributed by atoms with Crippen molar-refractivity contribution in [2.45, 2.75) is 32.7 Å². The van der Waals surface area contributed by atoms with Crippen LogP contribution in [-0.2, 0) is 0 Å². The van der Waals surface area contributed by atoms with Gasteiger partial charge in [0.1, 0.15) is 0 Å². The summed E-state index contributed by atoms with van der Waals surface area (Å²) in [6.07, 6.45) is 2.55. The zero-order valence-electron chi connectivity index (χ0n) is 7.64. The molecule has 0 bridgehead atoms. The summed E-state index contributed by atoms with van der Waals surface area (Å²) in [4.78, 5) is 0. The van der Waals surface area contributed by atoms with Crippen LogP contribution in [0.25, 0.3) is 0 Å². The van der Waals surface area contributed by atoms with Crippen molar-refractivity contribution in [3.8, 4) is 0 Å². The van der Waals surface area contributed by atoms with E-state index in [2.05, 4.69) is 19.2 Å². The molecule has 1 fully saturated rings. The lowest BCUT2D eigenvalue weighted by Gasteiger charge is -2.23. The first-order valence-corrected chi connectivity index (χ1v) is 4.75. The topological polar surface area (TPSA) is 38.0 Å². The molecule has 11 heavy (non-hydrogen) atoms. The maximum absolute atomic E-state index is 5.97. The Balaban J connectivity index is 2.43. The molecule has 2 heteroatoms. The number of rotatable bonds is 3. The molecule has 2 atom stereocenters. The maximum Gasteiger partial charge on any atom is 0.0208 e. The summed E-state index contributed by atoms with van der Waals surface area (Å²) in [5.41, 5.74) is 5.97. The smallest absolute Gasteiger partial charge is 0.0208 e. The molecule has 1 saturated heterocycles. The van der Waals surface area contributed by atoms with E-state index in [0.29, 0.717) is 6.04 Å².